The lowest BCUT2D eigenvalue weighted by atomic mass is 9.91. The molecule has 2 aliphatic rings. The van der Waals surface area contributed by atoms with Crippen molar-refractivity contribution in [3.63, 3.8) is 0 Å². The van der Waals surface area contributed by atoms with E-state index in [2.05, 4.69) is 10.2 Å². The van der Waals surface area contributed by atoms with Crippen molar-refractivity contribution in [3.05, 3.63) is 23.2 Å². The predicted molar refractivity (Wildman–Crippen MR) is 69.7 cm³/mol. The molecule has 1 fully saturated rings. The molecule has 0 radical (unpaired) electrons. The van der Waals surface area contributed by atoms with Crippen LogP contribution in [-0.2, 0) is 4.79 Å². The molecule has 3 rings (SSSR count). The Bertz CT molecular complexity index is 480. The average molecular weight is 251 g/mol. The number of carbonyl (C=O) groups excluding carboxylic acids is 1. The Morgan fingerprint density at radius 2 is 2.06 bits per heavy atom. The molecule has 3 nitrogen and oxygen atoms in total. The zero-order valence-corrected chi connectivity index (χ0v) is 10.5. The summed E-state index contributed by atoms with van der Waals surface area (Å²) in [7, 11) is 2.01. The molecule has 1 spiro atoms. The predicted octanol–water partition coefficient (Wildman–Crippen LogP) is 3.04. The molecule has 1 aromatic carbocycles. The van der Waals surface area contributed by atoms with Crippen molar-refractivity contribution in [2.45, 2.75) is 31.2 Å². The van der Waals surface area contributed by atoms with E-state index in [0.717, 1.165) is 37.1 Å². The van der Waals surface area contributed by atoms with Crippen molar-refractivity contribution in [1.82, 2.24) is 0 Å². The van der Waals surface area contributed by atoms with E-state index in [0.29, 0.717) is 5.02 Å². The summed E-state index contributed by atoms with van der Waals surface area (Å²) in [4.78, 5) is 14.4. The maximum Gasteiger partial charge on any atom is 0.250 e. The minimum absolute atomic E-state index is 0.118. The fourth-order valence-corrected chi connectivity index (χ4v) is 3.22. The van der Waals surface area contributed by atoms with Gasteiger partial charge in [-0.25, -0.2) is 0 Å². The second-order valence-electron chi connectivity index (χ2n) is 4.91. The molecule has 1 N–H and O–H groups in total. The first-order valence-electron chi connectivity index (χ1n) is 5.98. The summed E-state index contributed by atoms with van der Waals surface area (Å²) >= 11 is 5.95. The minimum atomic E-state index is -0.333. The fourth-order valence-electron chi connectivity index (χ4n) is 3.04. The first-order valence-corrected chi connectivity index (χ1v) is 6.36. The average Bonchev–Trinajstić information content (AvgIpc) is 2.77. The number of anilines is 2. The molecule has 90 valence electrons. The van der Waals surface area contributed by atoms with E-state index >= 15 is 0 Å². The number of nitrogens with zero attached hydrogens (tertiary/aromatic N) is 1. The van der Waals surface area contributed by atoms with Crippen molar-refractivity contribution in [1.29, 1.82) is 0 Å². The maximum absolute atomic E-state index is 12.3. The normalized spacial score (nSPS) is 21.5. The van der Waals surface area contributed by atoms with Gasteiger partial charge in [0.15, 0.2) is 0 Å². The number of nitrogens with one attached hydrogen (secondary N) is 1. The largest absolute Gasteiger partial charge is 0.359 e. The monoisotopic (exact) mass is 250 g/mol. The zero-order valence-electron chi connectivity index (χ0n) is 9.79. The lowest BCUT2D eigenvalue weighted by Gasteiger charge is -2.43. The highest BCUT2D eigenvalue weighted by Crippen LogP contribution is 2.44. The number of carbonyl (C=O) groups is 1. The van der Waals surface area contributed by atoms with Crippen LogP contribution in [0.1, 0.15) is 25.7 Å². The van der Waals surface area contributed by atoms with Crippen LogP contribution in [0.4, 0.5) is 11.4 Å². The van der Waals surface area contributed by atoms with Gasteiger partial charge in [0.25, 0.3) is 0 Å². The summed E-state index contributed by atoms with van der Waals surface area (Å²) in [5.74, 6) is 0.118. The number of hydrogen-bond donors (Lipinski definition) is 1. The Hall–Kier alpha value is -1.22. The number of halogens is 1. The summed E-state index contributed by atoms with van der Waals surface area (Å²) in [5.41, 5.74) is 1.55. The van der Waals surface area contributed by atoms with Crippen molar-refractivity contribution < 1.29 is 4.79 Å². The molecular formula is C13H15ClN2O. The SMILES string of the molecule is CN1c2ccc(Cl)cc2NC(=O)C12CCCC2. The van der Waals surface area contributed by atoms with Crippen molar-refractivity contribution in [2.75, 3.05) is 17.3 Å². The third-order valence-corrected chi connectivity index (χ3v) is 4.30. The fraction of sp³-hybridized carbons (Fsp3) is 0.462. The number of rotatable bonds is 0. The molecule has 0 bridgehead atoms. The van der Waals surface area contributed by atoms with Gasteiger partial charge in [-0.05, 0) is 31.0 Å². The Morgan fingerprint density at radius 3 is 2.76 bits per heavy atom. The molecular weight excluding hydrogens is 236 g/mol. The van der Waals surface area contributed by atoms with Gasteiger partial charge in [-0.2, -0.15) is 0 Å². The summed E-state index contributed by atoms with van der Waals surface area (Å²) in [6.45, 7) is 0. The van der Waals surface area contributed by atoms with Gasteiger partial charge in [0.05, 0.1) is 11.4 Å². The van der Waals surface area contributed by atoms with Crippen LogP contribution in [0.2, 0.25) is 5.02 Å². The van der Waals surface area contributed by atoms with E-state index in [1.54, 1.807) is 0 Å². The van der Waals surface area contributed by atoms with Gasteiger partial charge in [-0.3, -0.25) is 4.79 Å². The van der Waals surface area contributed by atoms with Crippen LogP contribution in [-0.4, -0.2) is 18.5 Å². The molecule has 0 saturated heterocycles. The molecule has 1 aliphatic heterocycles. The second kappa shape index (κ2) is 3.64. The Balaban J connectivity index is 2.10. The lowest BCUT2D eigenvalue weighted by Crippen LogP contribution is -2.56. The van der Waals surface area contributed by atoms with Crippen LogP contribution in [0.25, 0.3) is 0 Å². The van der Waals surface area contributed by atoms with Crippen LogP contribution in [0.3, 0.4) is 0 Å². The minimum Gasteiger partial charge on any atom is -0.359 e. The van der Waals surface area contributed by atoms with Crippen molar-refractivity contribution >= 4 is 28.9 Å². The van der Waals surface area contributed by atoms with E-state index in [4.69, 9.17) is 11.6 Å². The third-order valence-electron chi connectivity index (χ3n) is 4.06. The topological polar surface area (TPSA) is 32.3 Å². The van der Waals surface area contributed by atoms with Crippen molar-refractivity contribution in [3.8, 4) is 0 Å². The molecule has 1 saturated carbocycles. The highest BCUT2D eigenvalue weighted by atomic mass is 35.5. The third kappa shape index (κ3) is 1.45. The second-order valence-corrected chi connectivity index (χ2v) is 5.35. The van der Waals surface area contributed by atoms with Gasteiger partial charge >= 0.3 is 0 Å². The first kappa shape index (κ1) is 10.9. The van der Waals surface area contributed by atoms with Crippen LogP contribution < -0.4 is 10.2 Å². The Labute approximate surface area is 106 Å². The van der Waals surface area contributed by atoms with Gasteiger partial charge in [0.1, 0.15) is 5.54 Å². The standard InChI is InChI=1S/C13H15ClN2O/c1-16-11-5-4-9(14)8-10(11)15-12(17)13(16)6-2-3-7-13/h4-5,8H,2-3,6-7H2,1H3,(H,15,17). The molecule has 0 atom stereocenters. The molecule has 1 aliphatic carbocycles. The van der Waals surface area contributed by atoms with E-state index in [1.165, 1.54) is 0 Å². The van der Waals surface area contributed by atoms with Crippen LogP contribution in [0, 0.1) is 0 Å². The molecule has 17 heavy (non-hydrogen) atoms. The maximum atomic E-state index is 12.3. The molecule has 4 heteroatoms. The quantitative estimate of drug-likeness (QED) is 0.768. The van der Waals surface area contributed by atoms with Crippen molar-refractivity contribution in [2.24, 2.45) is 0 Å². The van der Waals surface area contributed by atoms with E-state index in [1.807, 2.05) is 25.2 Å². The number of likely N-dealkylation sites (N-methyl/N-ethyl adjacent to an activating group) is 1. The smallest absolute Gasteiger partial charge is 0.250 e. The van der Waals surface area contributed by atoms with E-state index in [9.17, 15) is 4.79 Å². The highest BCUT2D eigenvalue weighted by Gasteiger charge is 2.47. The first-order chi connectivity index (χ1) is 8.13. The Kier molecular flexibility index (Phi) is 2.33. The highest BCUT2D eigenvalue weighted by molar-refractivity contribution is 6.31. The molecule has 0 unspecified atom stereocenters. The van der Waals surface area contributed by atoms with Crippen LogP contribution >= 0.6 is 11.6 Å². The van der Waals surface area contributed by atoms with Gasteiger partial charge in [-0.15, -0.1) is 0 Å². The van der Waals surface area contributed by atoms with Gasteiger partial charge in [0, 0.05) is 12.1 Å². The van der Waals surface area contributed by atoms with Crippen LogP contribution in [0.5, 0.6) is 0 Å². The summed E-state index contributed by atoms with van der Waals surface area (Å²) < 4.78 is 0. The van der Waals surface area contributed by atoms with E-state index in [-0.39, 0.29) is 11.4 Å². The van der Waals surface area contributed by atoms with Gasteiger partial charge < -0.3 is 10.2 Å². The van der Waals surface area contributed by atoms with E-state index < -0.39 is 0 Å². The molecule has 0 aromatic heterocycles. The number of amides is 1. The number of benzene rings is 1. The summed E-state index contributed by atoms with van der Waals surface area (Å²) in [6.07, 6.45) is 4.14. The summed E-state index contributed by atoms with van der Waals surface area (Å²) in [5, 5.41) is 3.65. The number of hydrogen-bond acceptors (Lipinski definition) is 2. The van der Waals surface area contributed by atoms with Gasteiger partial charge in [0.2, 0.25) is 5.91 Å². The zero-order chi connectivity index (χ0) is 12.0. The molecule has 1 heterocycles. The molecule has 1 amide bonds. The lowest BCUT2D eigenvalue weighted by molar-refractivity contribution is -0.121. The van der Waals surface area contributed by atoms with Crippen LogP contribution in [0.15, 0.2) is 18.2 Å². The summed E-state index contributed by atoms with van der Waals surface area (Å²) in [6, 6.07) is 5.67. The Morgan fingerprint density at radius 1 is 1.35 bits per heavy atom. The molecule has 1 aromatic rings. The van der Waals surface area contributed by atoms with Gasteiger partial charge in [-0.1, -0.05) is 24.4 Å². The number of fused-ring (bicyclic) bond motifs is 1.